The number of anilines is 1. The Morgan fingerprint density at radius 3 is 2.60 bits per heavy atom. The molecule has 1 fully saturated rings. The predicted octanol–water partition coefficient (Wildman–Crippen LogP) is 3.84. The molecule has 2 aromatic rings. The minimum Gasteiger partial charge on any atom is -0.325 e. The van der Waals surface area contributed by atoms with Crippen molar-refractivity contribution in [3.63, 3.8) is 0 Å². The fraction of sp³-hybridized carbons (Fsp3) is 0.500. The molecule has 1 amide bonds. The Balaban J connectivity index is 1.25. The molecule has 0 bridgehead atoms. The van der Waals surface area contributed by atoms with Gasteiger partial charge in [-0.1, -0.05) is 42.5 Å². The first-order chi connectivity index (χ1) is 14.5. The van der Waals surface area contributed by atoms with Gasteiger partial charge in [0.25, 0.3) is 0 Å². The Bertz CT molecular complexity index is 943. The van der Waals surface area contributed by atoms with Crippen molar-refractivity contribution in [2.75, 3.05) is 39.0 Å². The van der Waals surface area contributed by atoms with Gasteiger partial charge in [-0.2, -0.15) is 0 Å². The number of hydrogen-bond acceptors (Lipinski definition) is 3. The number of benzene rings is 2. The molecular formula is C26H33N3O. The van der Waals surface area contributed by atoms with Crippen molar-refractivity contribution in [1.82, 2.24) is 9.80 Å². The number of amides is 1. The maximum absolute atomic E-state index is 12.9. The third-order valence-corrected chi connectivity index (χ3v) is 7.56. The molecule has 2 heterocycles. The summed E-state index contributed by atoms with van der Waals surface area (Å²) in [5.41, 5.74) is 7.09. The molecule has 0 aromatic heterocycles. The van der Waals surface area contributed by atoms with E-state index in [0.717, 1.165) is 38.3 Å². The first-order valence-electron chi connectivity index (χ1n) is 11.4. The van der Waals surface area contributed by atoms with E-state index in [0.29, 0.717) is 5.41 Å². The SMILES string of the molecule is CN(C)Cc1cccc2c1NC(=O)C(CN1CCC3(CCc4ccccc43)CC1)C2. The largest absolute Gasteiger partial charge is 0.325 e. The molecule has 3 aliphatic rings. The minimum atomic E-state index is 0.0528. The molecule has 0 radical (unpaired) electrons. The molecule has 1 aliphatic carbocycles. The van der Waals surface area contributed by atoms with E-state index in [1.54, 1.807) is 11.1 Å². The van der Waals surface area contributed by atoms with Crippen molar-refractivity contribution < 1.29 is 4.79 Å². The van der Waals surface area contributed by atoms with Crippen molar-refractivity contribution in [3.8, 4) is 0 Å². The second kappa shape index (κ2) is 7.82. The molecule has 30 heavy (non-hydrogen) atoms. The summed E-state index contributed by atoms with van der Waals surface area (Å²) in [5, 5.41) is 3.24. The Morgan fingerprint density at radius 2 is 1.80 bits per heavy atom. The summed E-state index contributed by atoms with van der Waals surface area (Å²) < 4.78 is 0. The summed E-state index contributed by atoms with van der Waals surface area (Å²) in [7, 11) is 4.14. The van der Waals surface area contributed by atoms with E-state index >= 15 is 0 Å². The molecule has 2 aliphatic heterocycles. The van der Waals surface area contributed by atoms with Crippen LogP contribution in [0.15, 0.2) is 42.5 Å². The molecule has 5 rings (SSSR count). The van der Waals surface area contributed by atoms with E-state index in [1.807, 2.05) is 0 Å². The normalized spacial score (nSPS) is 22.8. The smallest absolute Gasteiger partial charge is 0.229 e. The van der Waals surface area contributed by atoms with Gasteiger partial charge in [-0.15, -0.1) is 0 Å². The van der Waals surface area contributed by atoms with Gasteiger partial charge >= 0.3 is 0 Å². The summed E-state index contributed by atoms with van der Waals surface area (Å²) in [6, 6.07) is 15.5. The molecule has 4 heteroatoms. The van der Waals surface area contributed by atoms with Crippen LogP contribution in [0.2, 0.25) is 0 Å². The van der Waals surface area contributed by atoms with E-state index in [-0.39, 0.29) is 11.8 Å². The minimum absolute atomic E-state index is 0.0528. The van der Waals surface area contributed by atoms with Crippen LogP contribution < -0.4 is 5.32 Å². The van der Waals surface area contributed by atoms with Crippen molar-refractivity contribution >= 4 is 11.6 Å². The fourth-order valence-electron chi connectivity index (χ4n) is 5.95. The molecule has 1 spiro atoms. The average Bonchev–Trinajstić information content (AvgIpc) is 3.09. The highest BCUT2D eigenvalue weighted by atomic mass is 16.2. The number of rotatable bonds is 4. The predicted molar refractivity (Wildman–Crippen MR) is 122 cm³/mol. The number of hydrogen-bond donors (Lipinski definition) is 1. The quantitative estimate of drug-likeness (QED) is 0.843. The summed E-state index contributed by atoms with van der Waals surface area (Å²) in [4.78, 5) is 17.6. The molecule has 158 valence electrons. The summed E-state index contributed by atoms with van der Waals surface area (Å²) in [6.45, 7) is 3.93. The van der Waals surface area contributed by atoms with Gasteiger partial charge in [-0.05, 0) is 87.0 Å². The highest BCUT2D eigenvalue weighted by Crippen LogP contribution is 2.46. The third kappa shape index (κ3) is 3.57. The van der Waals surface area contributed by atoms with Crippen LogP contribution in [0.25, 0.3) is 0 Å². The Morgan fingerprint density at radius 1 is 1.03 bits per heavy atom. The van der Waals surface area contributed by atoms with Crippen molar-refractivity contribution in [1.29, 1.82) is 0 Å². The van der Waals surface area contributed by atoms with Crippen LogP contribution in [-0.2, 0) is 29.6 Å². The topological polar surface area (TPSA) is 35.6 Å². The van der Waals surface area contributed by atoms with Crippen molar-refractivity contribution in [2.24, 2.45) is 5.92 Å². The summed E-state index contributed by atoms with van der Waals surface area (Å²) in [5.74, 6) is 0.247. The molecule has 1 saturated heterocycles. The molecule has 1 atom stereocenters. The lowest BCUT2D eigenvalue weighted by Crippen LogP contribution is -2.46. The second-order valence-corrected chi connectivity index (χ2v) is 9.82. The van der Waals surface area contributed by atoms with Gasteiger partial charge in [0.15, 0.2) is 0 Å². The zero-order valence-corrected chi connectivity index (χ0v) is 18.3. The molecule has 0 saturated carbocycles. The highest BCUT2D eigenvalue weighted by Gasteiger charge is 2.41. The van der Waals surface area contributed by atoms with Gasteiger partial charge in [0, 0.05) is 18.8 Å². The maximum Gasteiger partial charge on any atom is 0.229 e. The number of nitrogens with one attached hydrogen (secondary N) is 1. The number of carbonyl (C=O) groups excluding carboxylic acids is 1. The first kappa shape index (κ1) is 19.8. The molecule has 4 nitrogen and oxygen atoms in total. The Labute approximate surface area is 180 Å². The fourth-order valence-corrected chi connectivity index (χ4v) is 5.95. The van der Waals surface area contributed by atoms with Gasteiger partial charge in [0.2, 0.25) is 5.91 Å². The van der Waals surface area contributed by atoms with E-state index in [4.69, 9.17) is 0 Å². The maximum atomic E-state index is 12.9. The number of aryl methyl sites for hydroxylation is 1. The van der Waals surface area contributed by atoms with Crippen molar-refractivity contribution in [3.05, 3.63) is 64.7 Å². The molecule has 2 aromatic carbocycles. The lowest BCUT2D eigenvalue weighted by molar-refractivity contribution is -0.121. The highest BCUT2D eigenvalue weighted by molar-refractivity contribution is 5.96. The standard InChI is InChI=1S/C26H33N3O/c1-28(2)17-21-8-5-7-20-16-22(25(30)27-24(20)21)18-29-14-12-26(13-15-29)11-10-19-6-3-4-9-23(19)26/h3-9,22H,10-18H2,1-2H3,(H,27,30). The zero-order chi connectivity index (χ0) is 20.7. The monoisotopic (exact) mass is 403 g/mol. The van der Waals surface area contributed by atoms with Gasteiger partial charge in [0.05, 0.1) is 5.92 Å². The number of likely N-dealkylation sites (tertiary alicyclic amines) is 1. The van der Waals surface area contributed by atoms with Crippen LogP contribution in [0.1, 0.15) is 41.5 Å². The van der Waals surface area contributed by atoms with Gasteiger partial charge in [-0.3, -0.25) is 4.79 Å². The van der Waals surface area contributed by atoms with Crippen molar-refractivity contribution in [2.45, 2.75) is 44.1 Å². The average molecular weight is 404 g/mol. The van der Waals surface area contributed by atoms with Gasteiger partial charge in [-0.25, -0.2) is 0 Å². The van der Waals surface area contributed by atoms with Crippen LogP contribution in [0, 0.1) is 5.92 Å². The molecular weight excluding hydrogens is 370 g/mol. The number of fused-ring (bicyclic) bond motifs is 3. The van der Waals surface area contributed by atoms with Crippen LogP contribution in [0.4, 0.5) is 5.69 Å². The lowest BCUT2D eigenvalue weighted by Gasteiger charge is -2.41. The molecule has 1 unspecified atom stereocenters. The Kier molecular flexibility index (Phi) is 5.16. The zero-order valence-electron chi connectivity index (χ0n) is 18.3. The Hall–Kier alpha value is -2.17. The van der Waals surface area contributed by atoms with Crippen LogP contribution in [0.3, 0.4) is 0 Å². The lowest BCUT2D eigenvalue weighted by atomic mass is 9.73. The van der Waals surface area contributed by atoms with Crippen LogP contribution in [0.5, 0.6) is 0 Å². The second-order valence-electron chi connectivity index (χ2n) is 9.82. The third-order valence-electron chi connectivity index (χ3n) is 7.56. The van der Waals surface area contributed by atoms with E-state index in [1.165, 1.54) is 36.8 Å². The first-order valence-corrected chi connectivity index (χ1v) is 11.4. The number of para-hydroxylation sites is 1. The summed E-state index contributed by atoms with van der Waals surface area (Å²) in [6.07, 6.45) is 5.83. The van der Waals surface area contributed by atoms with Gasteiger partial charge < -0.3 is 15.1 Å². The van der Waals surface area contributed by atoms with E-state index in [9.17, 15) is 4.79 Å². The summed E-state index contributed by atoms with van der Waals surface area (Å²) >= 11 is 0. The number of carbonyl (C=O) groups is 1. The molecule has 1 N–H and O–H groups in total. The number of nitrogens with zero attached hydrogens (tertiary/aromatic N) is 2. The van der Waals surface area contributed by atoms with E-state index < -0.39 is 0 Å². The van der Waals surface area contributed by atoms with E-state index in [2.05, 4.69) is 71.7 Å². The number of piperidine rings is 1. The van der Waals surface area contributed by atoms with Crippen LogP contribution in [-0.4, -0.2) is 49.4 Å². The van der Waals surface area contributed by atoms with Gasteiger partial charge in [0.1, 0.15) is 0 Å². The van der Waals surface area contributed by atoms with Crippen LogP contribution >= 0.6 is 0 Å².